The average molecular weight is 283 g/mol. The summed E-state index contributed by atoms with van der Waals surface area (Å²) in [5, 5.41) is 14.8. The van der Waals surface area contributed by atoms with E-state index in [-0.39, 0.29) is 24.8 Å². The van der Waals surface area contributed by atoms with Crippen molar-refractivity contribution in [2.45, 2.75) is 44.2 Å². The van der Waals surface area contributed by atoms with Crippen LogP contribution in [0.4, 0.5) is 0 Å². The molecule has 0 radical (unpaired) electrons. The van der Waals surface area contributed by atoms with Crippen molar-refractivity contribution in [2.24, 2.45) is 17.6 Å². The van der Waals surface area contributed by atoms with Crippen LogP contribution in [0.3, 0.4) is 0 Å². The lowest BCUT2D eigenvalue weighted by atomic mass is 9.93. The molecule has 3 unspecified atom stereocenters. The van der Waals surface area contributed by atoms with Crippen LogP contribution in [0.25, 0.3) is 0 Å². The smallest absolute Gasteiger partial charge is 0.326 e. The molecule has 2 aliphatic rings. The number of hydrogen-bond donors (Lipinski definition) is 4. The Balaban J connectivity index is 1.91. The number of hydrogen-bond acceptors (Lipinski definition) is 4. The first kappa shape index (κ1) is 14.8. The van der Waals surface area contributed by atoms with Gasteiger partial charge in [-0.2, -0.15) is 0 Å². The highest BCUT2D eigenvalue weighted by Gasteiger charge is 2.43. The average Bonchev–Trinajstić information content (AvgIpc) is 2.95. The van der Waals surface area contributed by atoms with Crippen LogP contribution in [0.15, 0.2) is 0 Å². The minimum Gasteiger partial charge on any atom is -0.480 e. The fourth-order valence-electron chi connectivity index (χ4n) is 3.28. The molecule has 2 fully saturated rings. The second kappa shape index (κ2) is 6.21. The Morgan fingerprint density at radius 3 is 2.75 bits per heavy atom. The molecule has 7 nitrogen and oxygen atoms in total. The third-order valence-electron chi connectivity index (χ3n) is 4.32. The number of primary amides is 1. The number of aliphatic carboxylic acids is 1. The molecule has 1 saturated carbocycles. The molecule has 0 aromatic heterocycles. The van der Waals surface area contributed by atoms with Gasteiger partial charge in [0.15, 0.2) is 0 Å². The molecule has 0 aromatic rings. The van der Waals surface area contributed by atoms with E-state index in [1.54, 1.807) is 0 Å². The molecule has 1 saturated heterocycles. The molecular formula is C13H21N3O4. The summed E-state index contributed by atoms with van der Waals surface area (Å²) in [6.07, 6.45) is 3.24. The largest absolute Gasteiger partial charge is 0.480 e. The van der Waals surface area contributed by atoms with Gasteiger partial charge in [0, 0.05) is 6.42 Å². The van der Waals surface area contributed by atoms with E-state index < -0.39 is 17.9 Å². The fraction of sp³-hybridized carbons (Fsp3) is 0.769. The van der Waals surface area contributed by atoms with Gasteiger partial charge >= 0.3 is 5.97 Å². The van der Waals surface area contributed by atoms with Crippen molar-refractivity contribution >= 4 is 17.8 Å². The van der Waals surface area contributed by atoms with Gasteiger partial charge in [-0.05, 0) is 37.6 Å². The van der Waals surface area contributed by atoms with Gasteiger partial charge in [-0.1, -0.05) is 6.42 Å². The van der Waals surface area contributed by atoms with E-state index in [2.05, 4.69) is 10.6 Å². The number of carboxylic acids is 1. The predicted octanol–water partition coefficient (Wildman–Crippen LogP) is -0.791. The van der Waals surface area contributed by atoms with Crippen LogP contribution < -0.4 is 16.4 Å². The maximum absolute atomic E-state index is 12.2. The zero-order valence-electron chi connectivity index (χ0n) is 11.3. The lowest BCUT2D eigenvalue weighted by Gasteiger charge is -2.21. The minimum absolute atomic E-state index is 0.0250. The van der Waals surface area contributed by atoms with E-state index in [9.17, 15) is 14.4 Å². The number of rotatable bonds is 6. The highest BCUT2D eigenvalue weighted by molar-refractivity contribution is 5.87. The monoisotopic (exact) mass is 283 g/mol. The molecule has 4 atom stereocenters. The van der Waals surface area contributed by atoms with Crippen molar-refractivity contribution in [3.05, 3.63) is 0 Å². The molecule has 0 aromatic carbocycles. The maximum atomic E-state index is 12.2. The van der Waals surface area contributed by atoms with Crippen LogP contribution in [0.5, 0.6) is 0 Å². The number of carbonyl (C=O) groups is 3. The normalized spacial score (nSPS) is 29.7. The third-order valence-corrected chi connectivity index (χ3v) is 4.32. The van der Waals surface area contributed by atoms with E-state index in [0.717, 1.165) is 25.8 Å². The molecule has 5 N–H and O–H groups in total. The quantitative estimate of drug-likeness (QED) is 0.509. The topological polar surface area (TPSA) is 122 Å². The first-order chi connectivity index (χ1) is 9.49. The molecule has 20 heavy (non-hydrogen) atoms. The first-order valence-corrected chi connectivity index (χ1v) is 7.04. The summed E-state index contributed by atoms with van der Waals surface area (Å²) >= 11 is 0. The van der Waals surface area contributed by atoms with Gasteiger partial charge in [-0.15, -0.1) is 0 Å². The fourth-order valence-corrected chi connectivity index (χ4v) is 3.28. The standard InChI is InChI=1S/C13H21N3O4/c14-10(17)5-4-9(13(19)20)16-12(18)11-8-3-1-2-7(8)6-15-11/h7-9,11,15H,1-6H2,(H2,14,17)(H,16,18)(H,19,20)/t7?,8?,9-,11?/m0/s1. The third kappa shape index (κ3) is 3.27. The van der Waals surface area contributed by atoms with Crippen LogP contribution >= 0.6 is 0 Å². The van der Waals surface area contributed by atoms with E-state index in [1.807, 2.05) is 0 Å². The van der Waals surface area contributed by atoms with Crippen molar-refractivity contribution in [1.82, 2.24) is 10.6 Å². The Kier molecular flexibility index (Phi) is 4.59. The van der Waals surface area contributed by atoms with Crippen molar-refractivity contribution in [3.8, 4) is 0 Å². The Bertz CT molecular complexity index is 412. The van der Waals surface area contributed by atoms with Gasteiger partial charge in [0.2, 0.25) is 11.8 Å². The molecule has 112 valence electrons. The molecule has 0 bridgehead atoms. The minimum atomic E-state index is -1.14. The van der Waals surface area contributed by atoms with Gasteiger partial charge in [0.1, 0.15) is 6.04 Å². The summed E-state index contributed by atoms with van der Waals surface area (Å²) in [5.41, 5.74) is 5.01. The van der Waals surface area contributed by atoms with Crippen LogP contribution in [0.1, 0.15) is 32.1 Å². The van der Waals surface area contributed by atoms with Crippen molar-refractivity contribution in [2.75, 3.05) is 6.54 Å². The molecular weight excluding hydrogens is 262 g/mol. The van der Waals surface area contributed by atoms with Crippen molar-refractivity contribution in [1.29, 1.82) is 0 Å². The molecule has 1 aliphatic carbocycles. The highest BCUT2D eigenvalue weighted by Crippen LogP contribution is 2.37. The Morgan fingerprint density at radius 1 is 1.35 bits per heavy atom. The molecule has 2 amide bonds. The molecule has 7 heteroatoms. The van der Waals surface area contributed by atoms with Crippen LogP contribution in [0, 0.1) is 11.8 Å². The Labute approximate surface area is 117 Å². The summed E-state index contributed by atoms with van der Waals surface area (Å²) in [4.78, 5) is 34.0. The zero-order valence-corrected chi connectivity index (χ0v) is 11.3. The molecule has 1 aliphatic heterocycles. The summed E-state index contributed by atoms with van der Waals surface area (Å²) in [7, 11) is 0. The first-order valence-electron chi connectivity index (χ1n) is 7.04. The van der Waals surface area contributed by atoms with Crippen LogP contribution in [-0.4, -0.2) is 41.5 Å². The predicted molar refractivity (Wildman–Crippen MR) is 70.6 cm³/mol. The van der Waals surface area contributed by atoms with Gasteiger partial charge < -0.3 is 21.5 Å². The highest BCUT2D eigenvalue weighted by atomic mass is 16.4. The zero-order chi connectivity index (χ0) is 14.7. The second-order valence-electron chi connectivity index (χ2n) is 5.65. The SMILES string of the molecule is NC(=O)CC[C@H](NC(=O)C1NCC2CCCC21)C(=O)O. The van der Waals surface area contributed by atoms with Crippen molar-refractivity contribution in [3.63, 3.8) is 0 Å². The van der Waals surface area contributed by atoms with Gasteiger partial charge in [-0.3, -0.25) is 9.59 Å². The Hall–Kier alpha value is -1.63. The lowest BCUT2D eigenvalue weighted by Crippen LogP contribution is -2.50. The van der Waals surface area contributed by atoms with E-state index in [4.69, 9.17) is 10.8 Å². The van der Waals surface area contributed by atoms with Gasteiger partial charge in [-0.25, -0.2) is 4.79 Å². The van der Waals surface area contributed by atoms with E-state index >= 15 is 0 Å². The summed E-state index contributed by atoms with van der Waals surface area (Å²) in [5.74, 6) is -1.16. The number of nitrogens with two attached hydrogens (primary N) is 1. The summed E-state index contributed by atoms with van der Waals surface area (Å²) in [6.45, 7) is 0.821. The van der Waals surface area contributed by atoms with Crippen molar-refractivity contribution < 1.29 is 19.5 Å². The van der Waals surface area contributed by atoms with Crippen LogP contribution in [0.2, 0.25) is 0 Å². The maximum Gasteiger partial charge on any atom is 0.326 e. The number of nitrogens with one attached hydrogen (secondary N) is 2. The lowest BCUT2D eigenvalue weighted by molar-refractivity contribution is -0.142. The van der Waals surface area contributed by atoms with E-state index in [0.29, 0.717) is 11.8 Å². The number of carboxylic acid groups (broad SMARTS) is 1. The number of fused-ring (bicyclic) bond motifs is 1. The summed E-state index contributed by atoms with van der Waals surface area (Å²) in [6, 6.07) is -1.37. The molecule has 2 rings (SSSR count). The molecule has 1 heterocycles. The summed E-state index contributed by atoms with van der Waals surface area (Å²) < 4.78 is 0. The number of carbonyl (C=O) groups excluding carboxylic acids is 2. The molecule has 0 spiro atoms. The van der Waals surface area contributed by atoms with Gasteiger partial charge in [0.25, 0.3) is 0 Å². The van der Waals surface area contributed by atoms with E-state index in [1.165, 1.54) is 0 Å². The second-order valence-corrected chi connectivity index (χ2v) is 5.65. The van der Waals surface area contributed by atoms with Gasteiger partial charge in [0.05, 0.1) is 6.04 Å². The van der Waals surface area contributed by atoms with Crippen LogP contribution in [-0.2, 0) is 14.4 Å². The number of amides is 2. The Morgan fingerprint density at radius 2 is 2.10 bits per heavy atom.